The molecule has 1 aromatic heterocycles. The molecule has 0 bridgehead atoms. The van der Waals surface area contributed by atoms with E-state index in [0.29, 0.717) is 18.7 Å². The van der Waals surface area contributed by atoms with E-state index < -0.39 is 0 Å². The number of pyridine rings is 1. The van der Waals surface area contributed by atoms with E-state index >= 15 is 0 Å². The number of hydrogen-bond acceptors (Lipinski definition) is 4. The van der Waals surface area contributed by atoms with Crippen molar-refractivity contribution in [1.29, 1.82) is 0 Å². The van der Waals surface area contributed by atoms with Crippen molar-refractivity contribution in [2.45, 2.75) is 51.6 Å². The molecule has 0 aliphatic carbocycles. The first-order valence-corrected chi connectivity index (χ1v) is 7.83. The van der Waals surface area contributed by atoms with E-state index in [9.17, 15) is 0 Å². The number of aromatic nitrogens is 1. The van der Waals surface area contributed by atoms with Crippen LogP contribution in [0.1, 0.15) is 51.3 Å². The molecule has 112 valence electrons. The zero-order valence-corrected chi connectivity index (χ0v) is 12.7. The summed E-state index contributed by atoms with van der Waals surface area (Å²) >= 11 is 0. The van der Waals surface area contributed by atoms with Gasteiger partial charge in [-0.2, -0.15) is 0 Å². The van der Waals surface area contributed by atoms with E-state index in [0.717, 1.165) is 31.6 Å². The molecular formula is C16H27N3O. The van der Waals surface area contributed by atoms with E-state index in [-0.39, 0.29) is 0 Å². The third kappa shape index (κ3) is 3.70. The zero-order valence-electron chi connectivity index (χ0n) is 12.7. The number of hydrogen-bond donors (Lipinski definition) is 2. The van der Waals surface area contributed by atoms with Crippen LogP contribution in [0, 0.1) is 0 Å². The SMILES string of the molecule is CCNC(C)c1ccc(N2CCCC2CCCO)cn1. The minimum absolute atomic E-state index is 0.293. The average Bonchev–Trinajstić information content (AvgIpc) is 2.94. The maximum atomic E-state index is 8.99. The molecule has 1 aliphatic heterocycles. The normalized spacial score (nSPS) is 20.4. The van der Waals surface area contributed by atoms with Crippen molar-refractivity contribution in [2.24, 2.45) is 0 Å². The van der Waals surface area contributed by atoms with Gasteiger partial charge in [0, 0.05) is 25.2 Å². The summed E-state index contributed by atoms with van der Waals surface area (Å²) in [4.78, 5) is 7.05. The standard InChI is InChI=1S/C16H27N3O/c1-3-17-13(2)16-9-8-15(12-18-16)19-10-4-6-14(19)7-5-11-20/h8-9,12-14,17,20H,3-7,10-11H2,1-2H3. The second kappa shape index (κ2) is 7.60. The lowest BCUT2D eigenvalue weighted by Gasteiger charge is -2.26. The van der Waals surface area contributed by atoms with E-state index in [4.69, 9.17) is 5.11 Å². The second-order valence-corrected chi connectivity index (χ2v) is 5.58. The van der Waals surface area contributed by atoms with Gasteiger partial charge in [0.05, 0.1) is 17.6 Å². The molecule has 2 N–H and O–H groups in total. The fourth-order valence-electron chi connectivity index (χ4n) is 3.04. The molecule has 2 rings (SSSR count). The molecule has 2 atom stereocenters. The van der Waals surface area contributed by atoms with Gasteiger partial charge in [-0.15, -0.1) is 0 Å². The predicted octanol–water partition coefficient (Wildman–Crippen LogP) is 2.49. The quantitative estimate of drug-likeness (QED) is 0.804. The third-order valence-electron chi connectivity index (χ3n) is 4.13. The highest BCUT2D eigenvalue weighted by Crippen LogP contribution is 2.28. The van der Waals surface area contributed by atoms with Crippen LogP contribution in [0.15, 0.2) is 18.3 Å². The lowest BCUT2D eigenvalue weighted by molar-refractivity contribution is 0.279. The number of nitrogens with zero attached hydrogens (tertiary/aromatic N) is 2. The van der Waals surface area contributed by atoms with Gasteiger partial charge in [0.1, 0.15) is 0 Å². The lowest BCUT2D eigenvalue weighted by atomic mass is 10.1. The van der Waals surface area contributed by atoms with Gasteiger partial charge in [-0.05, 0) is 51.3 Å². The summed E-state index contributed by atoms with van der Waals surface area (Å²) in [6.45, 7) is 6.62. The number of aliphatic hydroxyl groups excluding tert-OH is 1. The molecule has 1 aliphatic rings. The Labute approximate surface area is 122 Å². The molecule has 4 heteroatoms. The molecule has 20 heavy (non-hydrogen) atoms. The molecular weight excluding hydrogens is 250 g/mol. The Kier molecular flexibility index (Phi) is 5.80. The number of nitrogens with one attached hydrogen (secondary N) is 1. The summed E-state index contributed by atoms with van der Waals surface area (Å²) in [5, 5.41) is 12.4. The average molecular weight is 277 g/mol. The van der Waals surface area contributed by atoms with E-state index in [1.54, 1.807) is 0 Å². The Bertz CT molecular complexity index is 393. The van der Waals surface area contributed by atoms with E-state index in [1.807, 2.05) is 6.20 Å². The fourth-order valence-corrected chi connectivity index (χ4v) is 3.04. The maximum Gasteiger partial charge on any atom is 0.0572 e. The van der Waals surface area contributed by atoms with Crippen molar-refractivity contribution in [3.8, 4) is 0 Å². The van der Waals surface area contributed by atoms with Crippen LogP contribution >= 0.6 is 0 Å². The molecule has 0 radical (unpaired) electrons. The summed E-state index contributed by atoms with van der Waals surface area (Å²) in [7, 11) is 0. The van der Waals surface area contributed by atoms with E-state index in [1.165, 1.54) is 18.5 Å². The van der Waals surface area contributed by atoms with Crippen molar-refractivity contribution in [2.75, 3.05) is 24.6 Å². The molecule has 4 nitrogen and oxygen atoms in total. The first-order chi connectivity index (χ1) is 9.76. The first-order valence-electron chi connectivity index (χ1n) is 7.83. The van der Waals surface area contributed by atoms with Crippen molar-refractivity contribution in [1.82, 2.24) is 10.3 Å². The van der Waals surface area contributed by atoms with Gasteiger partial charge in [0.2, 0.25) is 0 Å². The number of rotatable bonds is 7. The Hall–Kier alpha value is -1.13. The zero-order chi connectivity index (χ0) is 14.4. The van der Waals surface area contributed by atoms with Crippen molar-refractivity contribution in [3.05, 3.63) is 24.0 Å². The van der Waals surface area contributed by atoms with Crippen LogP contribution in [-0.2, 0) is 0 Å². The first kappa shape index (κ1) is 15.3. The predicted molar refractivity (Wildman–Crippen MR) is 83.0 cm³/mol. The van der Waals surface area contributed by atoms with Crippen molar-refractivity contribution in [3.63, 3.8) is 0 Å². The molecule has 1 fully saturated rings. The van der Waals surface area contributed by atoms with Gasteiger partial charge >= 0.3 is 0 Å². The van der Waals surface area contributed by atoms with Gasteiger partial charge in [-0.3, -0.25) is 4.98 Å². The number of anilines is 1. The molecule has 0 aromatic carbocycles. The summed E-state index contributed by atoms with van der Waals surface area (Å²) in [6, 6.07) is 5.19. The third-order valence-corrected chi connectivity index (χ3v) is 4.13. The van der Waals surface area contributed by atoms with Crippen LogP contribution in [-0.4, -0.2) is 35.8 Å². The van der Waals surface area contributed by atoms with Gasteiger partial charge < -0.3 is 15.3 Å². The van der Waals surface area contributed by atoms with Crippen LogP contribution in [0.25, 0.3) is 0 Å². The molecule has 2 unspecified atom stereocenters. The highest BCUT2D eigenvalue weighted by molar-refractivity contribution is 5.47. The van der Waals surface area contributed by atoms with Crippen molar-refractivity contribution < 1.29 is 5.11 Å². The minimum Gasteiger partial charge on any atom is -0.396 e. The highest BCUT2D eigenvalue weighted by Gasteiger charge is 2.24. The van der Waals surface area contributed by atoms with Crippen LogP contribution in [0.2, 0.25) is 0 Å². The molecule has 0 amide bonds. The van der Waals surface area contributed by atoms with E-state index in [2.05, 4.69) is 41.2 Å². The van der Waals surface area contributed by atoms with Gasteiger partial charge in [-0.25, -0.2) is 0 Å². The van der Waals surface area contributed by atoms with Crippen LogP contribution in [0.5, 0.6) is 0 Å². The largest absolute Gasteiger partial charge is 0.396 e. The summed E-state index contributed by atoms with van der Waals surface area (Å²) in [5.41, 5.74) is 2.32. The minimum atomic E-state index is 0.293. The van der Waals surface area contributed by atoms with Gasteiger partial charge in [0.15, 0.2) is 0 Å². The monoisotopic (exact) mass is 277 g/mol. The smallest absolute Gasteiger partial charge is 0.0572 e. The number of aliphatic hydroxyl groups is 1. The van der Waals surface area contributed by atoms with Gasteiger partial charge in [-0.1, -0.05) is 6.92 Å². The van der Waals surface area contributed by atoms with Gasteiger partial charge in [0.25, 0.3) is 0 Å². The molecule has 0 spiro atoms. The Balaban J connectivity index is 2.01. The maximum absolute atomic E-state index is 8.99. The molecule has 0 saturated carbocycles. The Morgan fingerprint density at radius 2 is 2.35 bits per heavy atom. The van der Waals surface area contributed by atoms with Crippen LogP contribution in [0.3, 0.4) is 0 Å². The molecule has 1 aromatic rings. The van der Waals surface area contributed by atoms with Crippen LogP contribution < -0.4 is 10.2 Å². The highest BCUT2D eigenvalue weighted by atomic mass is 16.2. The Morgan fingerprint density at radius 1 is 1.50 bits per heavy atom. The second-order valence-electron chi connectivity index (χ2n) is 5.58. The molecule has 1 saturated heterocycles. The summed E-state index contributed by atoms with van der Waals surface area (Å²) < 4.78 is 0. The van der Waals surface area contributed by atoms with Crippen LogP contribution in [0.4, 0.5) is 5.69 Å². The summed E-state index contributed by atoms with van der Waals surface area (Å²) in [5.74, 6) is 0. The lowest BCUT2D eigenvalue weighted by Crippen LogP contribution is -2.29. The Morgan fingerprint density at radius 3 is 3.00 bits per heavy atom. The van der Waals surface area contributed by atoms with Crippen molar-refractivity contribution >= 4 is 5.69 Å². The molecule has 2 heterocycles. The fraction of sp³-hybridized carbons (Fsp3) is 0.688. The topological polar surface area (TPSA) is 48.4 Å². The summed E-state index contributed by atoms with van der Waals surface area (Å²) in [6.07, 6.45) is 6.44.